The molecule has 12 heteroatoms. The number of rotatable bonds is 4. The van der Waals surface area contributed by atoms with Crippen molar-refractivity contribution in [1.29, 1.82) is 0 Å². The van der Waals surface area contributed by atoms with Crippen LogP contribution in [0, 0.1) is 13.5 Å². The van der Waals surface area contributed by atoms with Crippen LogP contribution in [0.4, 0.5) is 17.2 Å². The number of nitrogens with zero attached hydrogens (tertiary/aromatic N) is 7. The summed E-state index contributed by atoms with van der Waals surface area (Å²) in [5.74, 6) is 0.130. The molecule has 5 rings (SSSR count). The van der Waals surface area contributed by atoms with Crippen molar-refractivity contribution in [3.63, 3.8) is 0 Å². The van der Waals surface area contributed by atoms with Crippen LogP contribution >= 0.6 is 0 Å². The van der Waals surface area contributed by atoms with Crippen molar-refractivity contribution in [2.45, 2.75) is 38.0 Å². The second kappa shape index (κ2) is 8.11. The van der Waals surface area contributed by atoms with Crippen LogP contribution < -0.4 is 0 Å². The molecule has 0 atom stereocenters. The Labute approximate surface area is 206 Å². The summed E-state index contributed by atoms with van der Waals surface area (Å²) in [7, 11) is -4.43. The molecule has 3 heterocycles. The third-order valence-electron chi connectivity index (χ3n) is 5.70. The number of aromatic amines is 1. The molecule has 0 aliphatic rings. The van der Waals surface area contributed by atoms with E-state index in [1.54, 1.807) is 13.0 Å². The van der Waals surface area contributed by atoms with E-state index in [-0.39, 0.29) is 21.8 Å². The molecular formula is C24H22N8O3S. The van der Waals surface area contributed by atoms with Gasteiger partial charge in [0, 0.05) is 5.41 Å². The van der Waals surface area contributed by atoms with Crippen molar-refractivity contribution >= 4 is 44.0 Å². The van der Waals surface area contributed by atoms with Gasteiger partial charge in [-0.1, -0.05) is 39.0 Å². The maximum absolute atomic E-state index is 11.7. The van der Waals surface area contributed by atoms with E-state index in [1.807, 2.05) is 49.6 Å². The third-order valence-corrected chi connectivity index (χ3v) is 6.55. The van der Waals surface area contributed by atoms with Crippen LogP contribution in [-0.2, 0) is 15.5 Å². The Kier molecular flexibility index (Phi) is 5.27. The molecule has 36 heavy (non-hydrogen) atoms. The molecule has 0 amide bonds. The molecule has 5 aromatic rings. The van der Waals surface area contributed by atoms with E-state index in [2.05, 4.69) is 25.3 Å². The van der Waals surface area contributed by atoms with Crippen molar-refractivity contribution in [2.24, 2.45) is 10.2 Å². The van der Waals surface area contributed by atoms with Crippen LogP contribution in [0.2, 0.25) is 0 Å². The van der Waals surface area contributed by atoms with E-state index in [0.29, 0.717) is 22.7 Å². The second-order valence-electron chi connectivity index (χ2n) is 9.30. The molecule has 0 aliphatic heterocycles. The van der Waals surface area contributed by atoms with Gasteiger partial charge in [-0.05, 0) is 37.3 Å². The zero-order valence-corrected chi connectivity index (χ0v) is 20.7. The van der Waals surface area contributed by atoms with Gasteiger partial charge in [-0.15, -0.1) is 10.2 Å². The van der Waals surface area contributed by atoms with Gasteiger partial charge in [0.1, 0.15) is 0 Å². The van der Waals surface area contributed by atoms with E-state index in [0.717, 1.165) is 16.7 Å². The van der Waals surface area contributed by atoms with Crippen molar-refractivity contribution in [3.05, 3.63) is 71.3 Å². The van der Waals surface area contributed by atoms with Gasteiger partial charge in [0.05, 0.1) is 39.6 Å². The largest absolute Gasteiger partial charge is 0.294 e. The average molecular weight is 503 g/mol. The lowest BCUT2D eigenvalue weighted by Crippen LogP contribution is -2.12. The van der Waals surface area contributed by atoms with Gasteiger partial charge in [0.2, 0.25) is 0 Å². The number of imidazole rings is 1. The normalized spacial score (nSPS) is 12.7. The first-order valence-electron chi connectivity index (χ1n) is 11.0. The summed E-state index contributed by atoms with van der Waals surface area (Å²) in [5.41, 5.74) is 4.16. The number of benzene rings is 2. The van der Waals surface area contributed by atoms with Crippen LogP contribution in [0.1, 0.15) is 32.2 Å². The molecule has 3 aromatic heterocycles. The third kappa shape index (κ3) is 3.84. The summed E-state index contributed by atoms with van der Waals surface area (Å²) in [5, 5.41) is 16.8. The summed E-state index contributed by atoms with van der Waals surface area (Å²) < 4.78 is 36.0. The highest BCUT2D eigenvalue weighted by Crippen LogP contribution is 2.39. The van der Waals surface area contributed by atoms with Crippen LogP contribution in [0.5, 0.6) is 0 Å². The molecule has 0 bridgehead atoms. The first-order valence-corrected chi connectivity index (χ1v) is 12.4. The number of fused-ring (bicyclic) bond motifs is 3. The van der Waals surface area contributed by atoms with Crippen molar-refractivity contribution < 1.29 is 13.0 Å². The molecule has 0 saturated heterocycles. The van der Waals surface area contributed by atoms with Crippen molar-refractivity contribution in [3.8, 4) is 5.69 Å². The number of H-pyrrole nitrogens is 1. The van der Waals surface area contributed by atoms with Crippen LogP contribution in [-0.4, -0.2) is 37.3 Å². The van der Waals surface area contributed by atoms with Gasteiger partial charge in [-0.3, -0.25) is 9.65 Å². The maximum Gasteiger partial charge on any atom is 0.294 e. The van der Waals surface area contributed by atoms with Gasteiger partial charge < -0.3 is 0 Å². The quantitative estimate of drug-likeness (QED) is 0.181. The first kappa shape index (κ1) is 23.4. The maximum atomic E-state index is 11.7. The zero-order valence-electron chi connectivity index (χ0n) is 19.9. The lowest BCUT2D eigenvalue weighted by Gasteiger charge is -2.16. The molecule has 182 valence electrons. The standard InChI is InChI=1S/C24H22N8O3S/c1-14-19(25-5)23(31(29-14)15-9-8-10-16(13-15)36(33,34)35)28-27-20-21(24(2,3)4)30-32-18-12-7-6-11-17(18)26-22(20)32/h6-13,30H,1-4H3,(H,33,34,35). The predicted octanol–water partition coefficient (Wildman–Crippen LogP) is 5.82. The van der Waals surface area contributed by atoms with Crippen molar-refractivity contribution in [1.82, 2.24) is 24.4 Å². The van der Waals surface area contributed by atoms with E-state index < -0.39 is 10.1 Å². The average Bonchev–Trinajstić information content (AvgIpc) is 3.46. The highest BCUT2D eigenvalue weighted by Gasteiger charge is 2.26. The number of nitrogens with one attached hydrogen (secondary N) is 1. The Bertz CT molecular complexity index is 1830. The Hall–Kier alpha value is -4.34. The fourth-order valence-corrected chi connectivity index (χ4v) is 4.49. The highest BCUT2D eigenvalue weighted by molar-refractivity contribution is 7.85. The zero-order chi connectivity index (χ0) is 25.8. The molecular weight excluding hydrogens is 480 g/mol. The van der Waals surface area contributed by atoms with Gasteiger partial charge in [0.25, 0.3) is 15.8 Å². The van der Waals surface area contributed by atoms with Gasteiger partial charge >= 0.3 is 0 Å². The van der Waals surface area contributed by atoms with Gasteiger partial charge in [-0.25, -0.2) is 19.0 Å². The SMILES string of the molecule is [C-]#[N+]c1c(C)nn(-c2cccc(S(=O)(=O)O)c2)c1N=Nc1c(C(C)(C)C)[nH]n2c1nc1ccccc12. The van der Waals surface area contributed by atoms with E-state index in [4.69, 9.17) is 11.6 Å². The lowest BCUT2D eigenvalue weighted by molar-refractivity contribution is 0.483. The Morgan fingerprint density at radius 2 is 1.86 bits per heavy atom. The molecule has 0 unspecified atom stereocenters. The number of hydrogen-bond acceptors (Lipinski definition) is 6. The fraction of sp³-hybridized carbons (Fsp3) is 0.208. The first-order chi connectivity index (χ1) is 17.0. The number of aryl methyl sites for hydroxylation is 1. The minimum atomic E-state index is -4.43. The van der Waals surface area contributed by atoms with Gasteiger partial charge in [0.15, 0.2) is 17.2 Å². The number of azo groups is 1. The monoisotopic (exact) mass is 502 g/mol. The minimum Gasteiger partial charge on any atom is -0.293 e. The number of hydrogen-bond donors (Lipinski definition) is 2. The van der Waals surface area contributed by atoms with Crippen LogP contribution in [0.3, 0.4) is 0 Å². The number of para-hydroxylation sites is 2. The van der Waals surface area contributed by atoms with Crippen molar-refractivity contribution in [2.75, 3.05) is 0 Å². The smallest absolute Gasteiger partial charge is 0.293 e. The minimum absolute atomic E-state index is 0.130. The summed E-state index contributed by atoms with van der Waals surface area (Å²) >= 11 is 0. The second-order valence-corrected chi connectivity index (χ2v) is 10.7. The van der Waals surface area contributed by atoms with Gasteiger partial charge in [-0.2, -0.15) is 13.5 Å². The molecule has 0 fully saturated rings. The Morgan fingerprint density at radius 3 is 2.56 bits per heavy atom. The predicted molar refractivity (Wildman–Crippen MR) is 134 cm³/mol. The lowest BCUT2D eigenvalue weighted by atomic mass is 9.91. The molecule has 11 nitrogen and oxygen atoms in total. The summed E-state index contributed by atoms with van der Waals surface area (Å²) in [4.78, 5) is 8.00. The van der Waals surface area contributed by atoms with E-state index in [1.165, 1.54) is 22.9 Å². The molecule has 2 aromatic carbocycles. The molecule has 0 saturated carbocycles. The van der Waals surface area contributed by atoms with Crippen LogP contribution in [0.25, 0.3) is 27.2 Å². The van der Waals surface area contributed by atoms with Crippen LogP contribution in [0.15, 0.2) is 63.7 Å². The summed E-state index contributed by atoms with van der Waals surface area (Å²) in [6, 6.07) is 13.3. The number of aromatic nitrogens is 5. The Balaban J connectivity index is 1.72. The summed E-state index contributed by atoms with van der Waals surface area (Å²) in [6.45, 7) is 15.4. The van der Waals surface area contributed by atoms with E-state index >= 15 is 0 Å². The summed E-state index contributed by atoms with van der Waals surface area (Å²) in [6.07, 6.45) is 0. The topological polar surface area (TPSA) is 134 Å². The Morgan fingerprint density at radius 1 is 1.11 bits per heavy atom. The highest BCUT2D eigenvalue weighted by atomic mass is 32.2. The van der Waals surface area contributed by atoms with E-state index in [9.17, 15) is 13.0 Å². The molecule has 0 spiro atoms. The fourth-order valence-electron chi connectivity index (χ4n) is 3.97. The molecule has 0 radical (unpaired) electrons. The molecule has 2 N–H and O–H groups in total. The molecule has 0 aliphatic carbocycles.